The van der Waals surface area contributed by atoms with Crippen molar-refractivity contribution in [1.29, 1.82) is 0 Å². The lowest BCUT2D eigenvalue weighted by Crippen LogP contribution is -2.53. The molecule has 2 amide bonds. The number of aromatic nitrogens is 3. The summed E-state index contributed by atoms with van der Waals surface area (Å²) < 4.78 is 7.07. The van der Waals surface area contributed by atoms with E-state index in [1.54, 1.807) is 18.1 Å². The van der Waals surface area contributed by atoms with E-state index in [1.807, 2.05) is 53.2 Å². The van der Waals surface area contributed by atoms with Crippen molar-refractivity contribution in [3.8, 4) is 11.3 Å². The van der Waals surface area contributed by atoms with Gasteiger partial charge in [0.05, 0.1) is 18.3 Å². The Bertz CT molecular complexity index is 995. The van der Waals surface area contributed by atoms with E-state index in [1.165, 1.54) is 0 Å². The SMILES string of the molecule is COCCN1C(=O)c2cccn2CC1CNC(=O)c1cc(-c2ccccc2)n[nH]1. The quantitative estimate of drug-likeness (QED) is 0.640. The number of methoxy groups -OCH3 is 1. The zero-order valence-corrected chi connectivity index (χ0v) is 16.2. The highest BCUT2D eigenvalue weighted by Gasteiger charge is 2.32. The monoisotopic (exact) mass is 393 g/mol. The second-order valence-electron chi connectivity index (χ2n) is 6.93. The molecule has 0 fully saturated rings. The number of carbonyl (C=O) groups excluding carboxylic acids is 2. The van der Waals surface area contributed by atoms with Crippen LogP contribution in [0.25, 0.3) is 11.3 Å². The number of rotatable bonds is 7. The summed E-state index contributed by atoms with van der Waals surface area (Å²) >= 11 is 0. The fraction of sp³-hybridized carbons (Fsp3) is 0.286. The van der Waals surface area contributed by atoms with E-state index in [2.05, 4.69) is 15.5 Å². The van der Waals surface area contributed by atoms with Gasteiger partial charge in [0.25, 0.3) is 11.8 Å². The average Bonchev–Trinajstić information content (AvgIpc) is 3.42. The predicted octanol–water partition coefficient (Wildman–Crippen LogP) is 1.78. The summed E-state index contributed by atoms with van der Waals surface area (Å²) in [5.74, 6) is -0.303. The molecule has 0 saturated carbocycles. The standard InChI is InChI=1S/C21H23N5O3/c1-29-11-10-26-16(14-25-9-5-8-19(25)21(26)28)13-22-20(27)18-12-17(23-24-18)15-6-3-2-4-7-15/h2-9,12,16H,10-11,13-14H2,1H3,(H,22,27)(H,23,24). The zero-order chi connectivity index (χ0) is 20.2. The summed E-state index contributed by atoms with van der Waals surface area (Å²) in [7, 11) is 1.61. The smallest absolute Gasteiger partial charge is 0.270 e. The van der Waals surface area contributed by atoms with Gasteiger partial charge in [-0.25, -0.2) is 0 Å². The summed E-state index contributed by atoms with van der Waals surface area (Å²) in [4.78, 5) is 27.2. The van der Waals surface area contributed by atoms with Gasteiger partial charge in [0.2, 0.25) is 0 Å². The lowest BCUT2D eigenvalue weighted by Gasteiger charge is -2.36. The first-order chi connectivity index (χ1) is 14.2. The molecule has 0 bridgehead atoms. The fourth-order valence-electron chi connectivity index (χ4n) is 3.56. The molecule has 2 aromatic heterocycles. The van der Waals surface area contributed by atoms with Crippen LogP contribution in [0.5, 0.6) is 0 Å². The summed E-state index contributed by atoms with van der Waals surface area (Å²) in [5.41, 5.74) is 2.69. The molecule has 0 saturated heterocycles. The molecule has 1 atom stereocenters. The van der Waals surface area contributed by atoms with Crippen LogP contribution in [0.1, 0.15) is 21.0 Å². The fourth-order valence-corrected chi connectivity index (χ4v) is 3.56. The van der Waals surface area contributed by atoms with Crippen LogP contribution in [0.4, 0.5) is 0 Å². The maximum Gasteiger partial charge on any atom is 0.270 e. The molecule has 3 aromatic rings. The minimum atomic E-state index is -0.253. The average molecular weight is 393 g/mol. The van der Waals surface area contributed by atoms with E-state index >= 15 is 0 Å². The van der Waals surface area contributed by atoms with Crippen LogP contribution >= 0.6 is 0 Å². The van der Waals surface area contributed by atoms with Crippen molar-refractivity contribution in [2.75, 3.05) is 26.8 Å². The van der Waals surface area contributed by atoms with Crippen LogP contribution < -0.4 is 5.32 Å². The lowest BCUT2D eigenvalue weighted by molar-refractivity contribution is 0.0504. The maximum absolute atomic E-state index is 12.8. The van der Waals surface area contributed by atoms with Gasteiger partial charge in [-0.1, -0.05) is 30.3 Å². The van der Waals surface area contributed by atoms with E-state index in [9.17, 15) is 9.59 Å². The molecule has 0 radical (unpaired) electrons. The number of aromatic amines is 1. The molecule has 8 nitrogen and oxygen atoms in total. The Balaban J connectivity index is 1.44. The summed E-state index contributed by atoms with van der Waals surface area (Å²) in [6.07, 6.45) is 1.89. The Labute approximate surface area is 168 Å². The van der Waals surface area contributed by atoms with Crippen LogP contribution in [0.15, 0.2) is 54.7 Å². The number of ether oxygens (including phenoxy) is 1. The minimum absolute atomic E-state index is 0.0505. The third-order valence-electron chi connectivity index (χ3n) is 5.08. The number of nitrogens with one attached hydrogen (secondary N) is 2. The zero-order valence-electron chi connectivity index (χ0n) is 16.2. The van der Waals surface area contributed by atoms with Gasteiger partial charge in [0.1, 0.15) is 11.4 Å². The third kappa shape index (κ3) is 3.93. The van der Waals surface area contributed by atoms with E-state index < -0.39 is 0 Å². The topological polar surface area (TPSA) is 92.2 Å². The molecular weight excluding hydrogens is 370 g/mol. The number of amides is 2. The van der Waals surface area contributed by atoms with E-state index in [4.69, 9.17) is 4.74 Å². The molecule has 29 heavy (non-hydrogen) atoms. The normalized spacial score (nSPS) is 16.0. The van der Waals surface area contributed by atoms with Crippen LogP contribution in [0.2, 0.25) is 0 Å². The van der Waals surface area contributed by atoms with Crippen molar-refractivity contribution in [2.24, 2.45) is 0 Å². The van der Waals surface area contributed by atoms with Gasteiger partial charge in [-0.15, -0.1) is 0 Å². The molecule has 1 aliphatic rings. The van der Waals surface area contributed by atoms with Crippen molar-refractivity contribution >= 4 is 11.8 Å². The van der Waals surface area contributed by atoms with Gasteiger partial charge in [0.15, 0.2) is 0 Å². The van der Waals surface area contributed by atoms with E-state index in [0.717, 1.165) is 5.56 Å². The van der Waals surface area contributed by atoms with Crippen molar-refractivity contribution in [3.05, 3.63) is 66.1 Å². The van der Waals surface area contributed by atoms with E-state index in [0.29, 0.717) is 43.3 Å². The molecule has 0 spiro atoms. The first kappa shape index (κ1) is 18.9. The maximum atomic E-state index is 12.8. The molecule has 8 heteroatoms. The number of fused-ring (bicyclic) bond motifs is 1. The van der Waals surface area contributed by atoms with Gasteiger partial charge in [-0.05, 0) is 18.2 Å². The van der Waals surface area contributed by atoms with Gasteiger partial charge in [-0.3, -0.25) is 14.7 Å². The number of benzene rings is 1. The Morgan fingerprint density at radius 1 is 1.28 bits per heavy atom. The number of carbonyl (C=O) groups is 2. The van der Waals surface area contributed by atoms with Crippen molar-refractivity contribution in [3.63, 3.8) is 0 Å². The molecule has 1 aliphatic heterocycles. The van der Waals surface area contributed by atoms with Gasteiger partial charge in [-0.2, -0.15) is 5.10 Å². The molecule has 1 unspecified atom stereocenters. The van der Waals surface area contributed by atoms with Crippen LogP contribution in [-0.4, -0.2) is 64.3 Å². The van der Waals surface area contributed by atoms with Crippen LogP contribution in [0.3, 0.4) is 0 Å². The molecule has 2 N–H and O–H groups in total. The Kier molecular flexibility index (Phi) is 5.44. The second kappa shape index (κ2) is 8.32. The number of nitrogens with zero attached hydrogens (tertiary/aromatic N) is 3. The summed E-state index contributed by atoms with van der Waals surface area (Å²) in [5, 5.41) is 9.94. The van der Waals surface area contributed by atoms with Gasteiger partial charge >= 0.3 is 0 Å². The molecular formula is C21H23N5O3. The molecule has 0 aliphatic carbocycles. The molecule has 3 heterocycles. The largest absolute Gasteiger partial charge is 0.383 e. The molecule has 1 aromatic carbocycles. The Morgan fingerprint density at radius 2 is 2.10 bits per heavy atom. The minimum Gasteiger partial charge on any atom is -0.383 e. The predicted molar refractivity (Wildman–Crippen MR) is 107 cm³/mol. The number of hydrogen-bond acceptors (Lipinski definition) is 4. The third-order valence-corrected chi connectivity index (χ3v) is 5.08. The Morgan fingerprint density at radius 3 is 2.90 bits per heavy atom. The van der Waals surface area contributed by atoms with Crippen molar-refractivity contribution in [1.82, 2.24) is 25.0 Å². The summed E-state index contributed by atoms with van der Waals surface area (Å²) in [6, 6.07) is 14.9. The first-order valence-corrected chi connectivity index (χ1v) is 9.51. The van der Waals surface area contributed by atoms with Crippen molar-refractivity contribution < 1.29 is 14.3 Å². The van der Waals surface area contributed by atoms with E-state index in [-0.39, 0.29) is 17.9 Å². The first-order valence-electron chi connectivity index (χ1n) is 9.51. The van der Waals surface area contributed by atoms with Gasteiger partial charge < -0.3 is 19.5 Å². The molecule has 4 rings (SSSR count). The highest BCUT2D eigenvalue weighted by Crippen LogP contribution is 2.19. The highest BCUT2D eigenvalue weighted by atomic mass is 16.5. The molecule has 150 valence electrons. The Hall–Kier alpha value is -3.39. The summed E-state index contributed by atoms with van der Waals surface area (Å²) in [6.45, 7) is 1.88. The van der Waals surface area contributed by atoms with Crippen LogP contribution in [-0.2, 0) is 11.3 Å². The number of H-pyrrole nitrogens is 1. The highest BCUT2D eigenvalue weighted by molar-refractivity contribution is 5.94. The number of hydrogen-bond donors (Lipinski definition) is 2. The van der Waals surface area contributed by atoms with Crippen molar-refractivity contribution in [2.45, 2.75) is 12.6 Å². The van der Waals surface area contributed by atoms with Crippen LogP contribution in [0, 0.1) is 0 Å². The lowest BCUT2D eigenvalue weighted by atomic mass is 10.1. The second-order valence-corrected chi connectivity index (χ2v) is 6.93. The van der Waals surface area contributed by atoms with Gasteiger partial charge in [0, 0.05) is 38.5 Å².